The first kappa shape index (κ1) is 25.0. The van der Waals surface area contributed by atoms with E-state index in [1.807, 2.05) is 53.4 Å². The Morgan fingerprint density at radius 2 is 1.64 bits per heavy atom. The summed E-state index contributed by atoms with van der Waals surface area (Å²) in [5, 5.41) is 1.14. The maximum atomic E-state index is 13.9. The molecule has 200 valence electrons. The molecule has 3 heterocycles. The van der Waals surface area contributed by atoms with Crippen LogP contribution >= 0.6 is 0 Å². The molecule has 2 amide bonds. The zero-order chi connectivity index (χ0) is 26.9. The molecule has 3 aromatic carbocycles. The standard InChI is InChI=1S/C32H33N3O4/c1-38-28-15-13-22(18-29(28)39-2)16-17-34-20-30(36)35-26(14-12-21-8-4-3-5-9-21)31-24(19-27(35)32(34)37)23-10-6-7-11-25(23)33-31/h3-11,13,15,18,26-27,33H,12,14,16-17,19-20H2,1-2H3. The van der Waals surface area contributed by atoms with Crippen molar-refractivity contribution < 1.29 is 19.1 Å². The lowest BCUT2D eigenvalue weighted by Crippen LogP contribution is -2.63. The predicted molar refractivity (Wildman–Crippen MR) is 150 cm³/mol. The van der Waals surface area contributed by atoms with E-state index in [1.165, 1.54) is 5.56 Å². The topological polar surface area (TPSA) is 74.9 Å². The number of ether oxygens (including phenoxy) is 2. The van der Waals surface area contributed by atoms with Crippen molar-refractivity contribution in [3.63, 3.8) is 0 Å². The highest BCUT2D eigenvalue weighted by molar-refractivity contribution is 5.97. The minimum Gasteiger partial charge on any atom is -0.493 e. The molecule has 0 saturated carbocycles. The van der Waals surface area contributed by atoms with Gasteiger partial charge in [0.1, 0.15) is 6.04 Å². The van der Waals surface area contributed by atoms with Crippen molar-refractivity contribution in [2.75, 3.05) is 27.3 Å². The average molecular weight is 524 g/mol. The number of benzene rings is 3. The Morgan fingerprint density at radius 1 is 0.872 bits per heavy atom. The molecule has 1 fully saturated rings. The van der Waals surface area contributed by atoms with Gasteiger partial charge in [-0.1, -0.05) is 54.6 Å². The van der Waals surface area contributed by atoms with Crippen LogP contribution in [0.4, 0.5) is 0 Å². The van der Waals surface area contributed by atoms with E-state index in [-0.39, 0.29) is 24.4 Å². The Bertz CT molecular complexity index is 1510. The third kappa shape index (κ3) is 4.62. The van der Waals surface area contributed by atoms with Gasteiger partial charge in [0.2, 0.25) is 11.8 Å². The van der Waals surface area contributed by atoms with Crippen molar-refractivity contribution in [2.24, 2.45) is 0 Å². The second-order valence-corrected chi connectivity index (χ2v) is 10.3. The fourth-order valence-corrected chi connectivity index (χ4v) is 6.18. The molecular weight excluding hydrogens is 490 g/mol. The van der Waals surface area contributed by atoms with Gasteiger partial charge in [-0.25, -0.2) is 0 Å². The first-order chi connectivity index (χ1) is 19.1. The second-order valence-electron chi connectivity index (χ2n) is 10.3. The number of carbonyl (C=O) groups is 2. The molecule has 7 heteroatoms. The maximum Gasteiger partial charge on any atom is 0.246 e. The van der Waals surface area contributed by atoms with Gasteiger partial charge < -0.3 is 24.3 Å². The highest BCUT2D eigenvalue weighted by atomic mass is 16.5. The summed E-state index contributed by atoms with van der Waals surface area (Å²) in [5.41, 5.74) is 5.54. The number of hydrogen-bond donors (Lipinski definition) is 1. The van der Waals surface area contributed by atoms with Crippen LogP contribution in [0, 0.1) is 0 Å². The summed E-state index contributed by atoms with van der Waals surface area (Å²) >= 11 is 0. The summed E-state index contributed by atoms with van der Waals surface area (Å²) in [6.45, 7) is 0.569. The lowest BCUT2D eigenvalue weighted by Gasteiger charge is -2.47. The van der Waals surface area contributed by atoms with Crippen molar-refractivity contribution in [1.29, 1.82) is 0 Å². The molecule has 2 atom stereocenters. The van der Waals surface area contributed by atoms with Crippen LogP contribution in [0.3, 0.4) is 0 Å². The molecule has 1 saturated heterocycles. The molecule has 0 aliphatic carbocycles. The van der Waals surface area contributed by atoms with Crippen molar-refractivity contribution >= 4 is 22.7 Å². The van der Waals surface area contributed by atoms with Gasteiger partial charge in [-0.3, -0.25) is 9.59 Å². The van der Waals surface area contributed by atoms with Crippen LogP contribution in [0.5, 0.6) is 11.5 Å². The third-order valence-electron chi connectivity index (χ3n) is 8.13. The molecular formula is C32H33N3O4. The summed E-state index contributed by atoms with van der Waals surface area (Å²) in [4.78, 5) is 34.8. The van der Waals surface area contributed by atoms with Gasteiger partial charge >= 0.3 is 0 Å². The van der Waals surface area contributed by atoms with Gasteiger partial charge in [-0.15, -0.1) is 0 Å². The highest BCUT2D eigenvalue weighted by Gasteiger charge is 2.47. The van der Waals surface area contributed by atoms with Crippen molar-refractivity contribution in [2.45, 2.75) is 37.8 Å². The number of para-hydroxylation sites is 1. The normalized spacial score (nSPS) is 18.7. The summed E-state index contributed by atoms with van der Waals surface area (Å²) in [6.07, 6.45) is 2.74. The van der Waals surface area contributed by atoms with Crippen molar-refractivity contribution in [3.8, 4) is 11.5 Å². The minimum atomic E-state index is -0.496. The summed E-state index contributed by atoms with van der Waals surface area (Å²) in [5.74, 6) is 1.35. The van der Waals surface area contributed by atoms with Crippen LogP contribution in [-0.2, 0) is 28.9 Å². The van der Waals surface area contributed by atoms with Gasteiger partial charge in [0.15, 0.2) is 11.5 Å². The Morgan fingerprint density at radius 3 is 2.44 bits per heavy atom. The molecule has 0 spiro atoms. The summed E-state index contributed by atoms with van der Waals surface area (Å²) in [6, 6.07) is 23.7. The van der Waals surface area contributed by atoms with E-state index >= 15 is 0 Å². The quantitative estimate of drug-likeness (QED) is 0.363. The number of nitrogens with zero attached hydrogens (tertiary/aromatic N) is 2. The smallest absolute Gasteiger partial charge is 0.246 e. The molecule has 2 aliphatic heterocycles. The monoisotopic (exact) mass is 523 g/mol. The highest BCUT2D eigenvalue weighted by Crippen LogP contribution is 2.41. The van der Waals surface area contributed by atoms with Crippen LogP contribution in [-0.4, -0.2) is 59.9 Å². The second kappa shape index (κ2) is 10.5. The summed E-state index contributed by atoms with van der Waals surface area (Å²) in [7, 11) is 3.22. The SMILES string of the molecule is COc1ccc(CCN2CC(=O)N3C(Cc4c([nH]c5ccccc45)C3CCc3ccccc3)C2=O)cc1OC. The van der Waals surface area contributed by atoms with Gasteiger partial charge in [-0.05, 0) is 54.2 Å². The van der Waals surface area contributed by atoms with Gasteiger partial charge in [0.25, 0.3) is 0 Å². The number of H-pyrrole nitrogens is 1. The van der Waals surface area contributed by atoms with E-state index in [2.05, 4.69) is 29.2 Å². The Kier molecular flexibility index (Phi) is 6.73. The van der Waals surface area contributed by atoms with Crippen LogP contribution in [0.2, 0.25) is 0 Å². The molecule has 6 rings (SSSR count). The molecule has 1 N–H and O–H groups in total. The Balaban J connectivity index is 1.27. The maximum absolute atomic E-state index is 13.9. The number of hydrogen-bond acceptors (Lipinski definition) is 4. The lowest BCUT2D eigenvalue weighted by molar-refractivity contribution is -0.159. The van der Waals surface area contributed by atoms with E-state index in [0.717, 1.165) is 40.6 Å². The van der Waals surface area contributed by atoms with E-state index in [9.17, 15) is 9.59 Å². The van der Waals surface area contributed by atoms with E-state index in [1.54, 1.807) is 19.1 Å². The molecule has 39 heavy (non-hydrogen) atoms. The fraction of sp³-hybridized carbons (Fsp3) is 0.312. The largest absolute Gasteiger partial charge is 0.493 e. The van der Waals surface area contributed by atoms with E-state index in [4.69, 9.17) is 9.47 Å². The molecule has 7 nitrogen and oxygen atoms in total. The van der Waals surface area contributed by atoms with Crippen molar-refractivity contribution in [1.82, 2.24) is 14.8 Å². The molecule has 1 aromatic heterocycles. The van der Waals surface area contributed by atoms with Crippen LogP contribution in [0.25, 0.3) is 10.9 Å². The van der Waals surface area contributed by atoms with Crippen LogP contribution in [0.1, 0.15) is 34.8 Å². The molecule has 2 unspecified atom stereocenters. The first-order valence-corrected chi connectivity index (χ1v) is 13.5. The average Bonchev–Trinajstić information content (AvgIpc) is 3.35. The molecule has 4 aromatic rings. The van der Waals surface area contributed by atoms with Gasteiger partial charge in [-0.2, -0.15) is 0 Å². The first-order valence-electron chi connectivity index (χ1n) is 13.5. The molecule has 2 aliphatic rings. The van der Waals surface area contributed by atoms with E-state index < -0.39 is 6.04 Å². The van der Waals surface area contributed by atoms with Crippen LogP contribution < -0.4 is 9.47 Å². The number of fused-ring (bicyclic) bond motifs is 4. The molecule has 0 bridgehead atoms. The number of aromatic nitrogens is 1. The zero-order valence-corrected chi connectivity index (χ0v) is 22.4. The van der Waals surface area contributed by atoms with E-state index in [0.29, 0.717) is 30.9 Å². The number of aryl methyl sites for hydroxylation is 1. The zero-order valence-electron chi connectivity index (χ0n) is 22.4. The van der Waals surface area contributed by atoms with Crippen molar-refractivity contribution in [3.05, 3.63) is 95.2 Å². The number of carbonyl (C=O) groups excluding carboxylic acids is 2. The lowest BCUT2D eigenvalue weighted by atomic mass is 9.86. The Hall–Kier alpha value is -4.26. The van der Waals surface area contributed by atoms with Crippen LogP contribution in [0.15, 0.2) is 72.8 Å². The number of nitrogens with one attached hydrogen (secondary N) is 1. The van der Waals surface area contributed by atoms with Gasteiger partial charge in [0.05, 0.1) is 26.8 Å². The summed E-state index contributed by atoms with van der Waals surface area (Å²) < 4.78 is 10.8. The minimum absolute atomic E-state index is 0.00859. The number of methoxy groups -OCH3 is 2. The fourth-order valence-electron chi connectivity index (χ4n) is 6.18. The number of aromatic amines is 1. The molecule has 0 radical (unpaired) electrons. The number of piperazine rings is 1. The predicted octanol–water partition coefficient (Wildman–Crippen LogP) is 4.70. The van der Waals surface area contributed by atoms with Gasteiger partial charge in [0, 0.05) is 29.6 Å². The Labute approximate surface area is 228 Å². The number of amides is 2. The number of rotatable bonds is 8. The third-order valence-corrected chi connectivity index (χ3v) is 8.13.